The summed E-state index contributed by atoms with van der Waals surface area (Å²) in [5.41, 5.74) is 1.66. The summed E-state index contributed by atoms with van der Waals surface area (Å²) in [7, 11) is 1.33. The average molecular weight is 439 g/mol. The molecule has 0 spiro atoms. The zero-order chi connectivity index (χ0) is 23.0. The van der Waals surface area contributed by atoms with Gasteiger partial charge in [0, 0.05) is 18.6 Å². The number of nitrogens with one attached hydrogen (secondary N) is 1. The number of hydrogen-bond donors (Lipinski definition) is 2. The molecule has 3 aromatic rings. The minimum absolute atomic E-state index is 0.225. The number of carbonyl (C=O) groups excluding carboxylic acids is 1. The standard InChI is InChI=1S/C24H30N4O4/c1-24(2,11-12-28-17-25-16-27-28)26-14-21(29)19-9-10-22(20(13-19)23(30)31-3)32-15-18-7-5-4-6-8-18/h4-10,13,16-17,21,26,29H,11-12,14-15H2,1-3H3. The molecule has 0 bridgehead atoms. The largest absolute Gasteiger partial charge is 0.488 e. The van der Waals surface area contributed by atoms with E-state index in [1.165, 1.54) is 13.4 Å². The van der Waals surface area contributed by atoms with Crippen LogP contribution in [0.15, 0.2) is 61.2 Å². The normalized spacial score (nSPS) is 12.4. The van der Waals surface area contributed by atoms with E-state index in [2.05, 4.69) is 29.2 Å². The number of esters is 1. The Kier molecular flexibility index (Phi) is 7.97. The van der Waals surface area contributed by atoms with E-state index in [0.29, 0.717) is 24.5 Å². The summed E-state index contributed by atoms with van der Waals surface area (Å²) in [4.78, 5) is 16.3. The molecule has 170 valence electrons. The molecular weight excluding hydrogens is 408 g/mol. The molecule has 0 fully saturated rings. The number of carbonyl (C=O) groups is 1. The van der Waals surface area contributed by atoms with Crippen LogP contribution in [-0.4, -0.2) is 45.0 Å². The third kappa shape index (κ3) is 6.63. The molecule has 0 radical (unpaired) electrons. The Bertz CT molecular complexity index is 990. The Morgan fingerprint density at radius 1 is 1.22 bits per heavy atom. The molecule has 1 unspecified atom stereocenters. The van der Waals surface area contributed by atoms with Crippen molar-refractivity contribution in [2.45, 2.75) is 45.1 Å². The molecule has 0 saturated carbocycles. The van der Waals surface area contributed by atoms with E-state index in [1.54, 1.807) is 29.2 Å². The number of aliphatic hydroxyl groups excluding tert-OH is 1. The van der Waals surface area contributed by atoms with Crippen molar-refractivity contribution in [2.24, 2.45) is 0 Å². The smallest absolute Gasteiger partial charge is 0.341 e. The number of nitrogens with zero attached hydrogens (tertiary/aromatic N) is 3. The summed E-state index contributed by atoms with van der Waals surface area (Å²) >= 11 is 0. The third-order valence-electron chi connectivity index (χ3n) is 5.24. The summed E-state index contributed by atoms with van der Waals surface area (Å²) in [5, 5.41) is 18.2. The van der Waals surface area contributed by atoms with Crippen LogP contribution in [0.2, 0.25) is 0 Å². The Labute approximate surface area is 188 Å². The van der Waals surface area contributed by atoms with Gasteiger partial charge in [-0.1, -0.05) is 36.4 Å². The number of hydrogen-bond acceptors (Lipinski definition) is 7. The van der Waals surface area contributed by atoms with Crippen LogP contribution in [0.4, 0.5) is 0 Å². The SMILES string of the molecule is COC(=O)c1cc(C(O)CNC(C)(C)CCn2cncn2)ccc1OCc1ccccc1. The van der Waals surface area contributed by atoms with Crippen LogP contribution in [0.3, 0.4) is 0 Å². The average Bonchev–Trinajstić information content (AvgIpc) is 3.34. The summed E-state index contributed by atoms with van der Waals surface area (Å²) in [6.07, 6.45) is 3.20. The van der Waals surface area contributed by atoms with Gasteiger partial charge in [-0.3, -0.25) is 4.68 Å². The Morgan fingerprint density at radius 3 is 2.69 bits per heavy atom. The van der Waals surface area contributed by atoms with Crippen LogP contribution in [0, 0.1) is 0 Å². The minimum Gasteiger partial charge on any atom is -0.488 e. The Balaban J connectivity index is 1.63. The Morgan fingerprint density at radius 2 is 2.00 bits per heavy atom. The first-order valence-electron chi connectivity index (χ1n) is 10.5. The Hall–Kier alpha value is -3.23. The first kappa shape index (κ1) is 23.4. The zero-order valence-electron chi connectivity index (χ0n) is 18.7. The zero-order valence-corrected chi connectivity index (χ0v) is 18.7. The topological polar surface area (TPSA) is 98.5 Å². The van der Waals surface area contributed by atoms with E-state index >= 15 is 0 Å². The van der Waals surface area contributed by atoms with Crippen LogP contribution < -0.4 is 10.1 Å². The van der Waals surface area contributed by atoms with Gasteiger partial charge in [0.15, 0.2) is 0 Å². The van der Waals surface area contributed by atoms with E-state index in [1.807, 2.05) is 30.3 Å². The molecule has 8 heteroatoms. The lowest BCUT2D eigenvalue weighted by molar-refractivity contribution is 0.0595. The van der Waals surface area contributed by atoms with Crippen molar-refractivity contribution >= 4 is 5.97 Å². The molecule has 0 aliphatic rings. The van der Waals surface area contributed by atoms with E-state index in [4.69, 9.17) is 9.47 Å². The van der Waals surface area contributed by atoms with Gasteiger partial charge in [0.2, 0.25) is 0 Å². The maximum Gasteiger partial charge on any atom is 0.341 e. The maximum absolute atomic E-state index is 12.3. The van der Waals surface area contributed by atoms with E-state index < -0.39 is 12.1 Å². The number of benzene rings is 2. The van der Waals surface area contributed by atoms with Gasteiger partial charge in [-0.05, 0) is 43.5 Å². The molecule has 1 atom stereocenters. The minimum atomic E-state index is -0.799. The van der Waals surface area contributed by atoms with Crippen molar-refractivity contribution in [3.63, 3.8) is 0 Å². The van der Waals surface area contributed by atoms with Gasteiger partial charge in [0.05, 0.1) is 13.2 Å². The second kappa shape index (κ2) is 10.9. The number of aryl methyl sites for hydroxylation is 1. The summed E-state index contributed by atoms with van der Waals surface area (Å²) < 4.78 is 12.5. The predicted octanol–water partition coefficient (Wildman–Crippen LogP) is 3.14. The predicted molar refractivity (Wildman–Crippen MR) is 120 cm³/mol. The fraction of sp³-hybridized carbons (Fsp3) is 0.375. The molecule has 1 heterocycles. The fourth-order valence-electron chi connectivity index (χ4n) is 3.21. The van der Waals surface area contributed by atoms with E-state index in [9.17, 15) is 9.90 Å². The molecule has 0 aliphatic heterocycles. The van der Waals surface area contributed by atoms with Crippen LogP contribution in [0.25, 0.3) is 0 Å². The number of rotatable bonds is 11. The van der Waals surface area contributed by atoms with Crippen molar-refractivity contribution < 1.29 is 19.4 Å². The highest BCUT2D eigenvalue weighted by atomic mass is 16.5. The van der Waals surface area contributed by atoms with Crippen molar-refractivity contribution in [2.75, 3.05) is 13.7 Å². The van der Waals surface area contributed by atoms with Gasteiger partial charge in [-0.15, -0.1) is 0 Å². The molecule has 2 aromatic carbocycles. The lowest BCUT2D eigenvalue weighted by Gasteiger charge is -2.28. The van der Waals surface area contributed by atoms with Gasteiger partial charge < -0.3 is 19.9 Å². The summed E-state index contributed by atoms with van der Waals surface area (Å²) in [6, 6.07) is 14.8. The molecule has 3 rings (SSSR count). The van der Waals surface area contributed by atoms with Crippen LogP contribution in [-0.2, 0) is 17.9 Å². The highest BCUT2D eigenvalue weighted by Crippen LogP contribution is 2.26. The van der Waals surface area contributed by atoms with Crippen molar-refractivity contribution in [3.05, 3.63) is 77.9 Å². The molecule has 0 amide bonds. The van der Waals surface area contributed by atoms with Crippen LogP contribution in [0.1, 0.15) is 47.9 Å². The number of aromatic nitrogens is 3. The number of methoxy groups -OCH3 is 1. The van der Waals surface area contributed by atoms with Crippen LogP contribution >= 0.6 is 0 Å². The third-order valence-corrected chi connectivity index (χ3v) is 5.24. The number of aliphatic hydroxyl groups is 1. The molecule has 2 N–H and O–H groups in total. The molecule has 8 nitrogen and oxygen atoms in total. The van der Waals surface area contributed by atoms with Gasteiger partial charge in [0.1, 0.15) is 30.6 Å². The maximum atomic E-state index is 12.3. The molecule has 32 heavy (non-hydrogen) atoms. The molecule has 1 aromatic heterocycles. The summed E-state index contributed by atoms with van der Waals surface area (Å²) in [5.74, 6) is -0.0963. The second-order valence-electron chi connectivity index (χ2n) is 8.21. The quantitative estimate of drug-likeness (QED) is 0.444. The van der Waals surface area contributed by atoms with E-state index in [-0.39, 0.29) is 11.1 Å². The van der Waals surface area contributed by atoms with Crippen molar-refractivity contribution in [1.29, 1.82) is 0 Å². The van der Waals surface area contributed by atoms with E-state index in [0.717, 1.165) is 18.5 Å². The second-order valence-corrected chi connectivity index (χ2v) is 8.21. The fourth-order valence-corrected chi connectivity index (χ4v) is 3.21. The summed E-state index contributed by atoms with van der Waals surface area (Å²) in [6.45, 7) is 5.51. The lowest BCUT2D eigenvalue weighted by Crippen LogP contribution is -2.42. The van der Waals surface area contributed by atoms with Crippen molar-refractivity contribution in [1.82, 2.24) is 20.1 Å². The molecule has 0 saturated heterocycles. The number of ether oxygens (including phenoxy) is 2. The number of β-amino-alcohol motifs (C(OH)–C–C–N with tert-alkyl or cyclic N) is 1. The molecule has 0 aliphatic carbocycles. The van der Waals surface area contributed by atoms with Gasteiger partial charge in [0.25, 0.3) is 0 Å². The van der Waals surface area contributed by atoms with Gasteiger partial charge >= 0.3 is 5.97 Å². The lowest BCUT2D eigenvalue weighted by atomic mass is 9.99. The first-order valence-corrected chi connectivity index (χ1v) is 10.5. The monoisotopic (exact) mass is 438 g/mol. The molecular formula is C24H30N4O4. The highest BCUT2D eigenvalue weighted by Gasteiger charge is 2.21. The highest BCUT2D eigenvalue weighted by molar-refractivity contribution is 5.92. The first-order chi connectivity index (χ1) is 15.4. The van der Waals surface area contributed by atoms with Crippen LogP contribution in [0.5, 0.6) is 5.75 Å². The van der Waals surface area contributed by atoms with Crippen molar-refractivity contribution in [3.8, 4) is 5.75 Å². The van der Waals surface area contributed by atoms with Gasteiger partial charge in [-0.2, -0.15) is 5.10 Å². The van der Waals surface area contributed by atoms with Gasteiger partial charge in [-0.25, -0.2) is 9.78 Å².